The van der Waals surface area contributed by atoms with E-state index >= 15 is 0 Å². The van der Waals surface area contributed by atoms with Crippen molar-refractivity contribution < 1.29 is 13.9 Å². The first-order chi connectivity index (χ1) is 14.3. The number of para-hydroxylation sites is 1. The monoisotopic (exact) mass is 384 g/mol. The Morgan fingerprint density at radius 2 is 1.72 bits per heavy atom. The minimum Gasteiger partial charge on any atom is -0.496 e. The van der Waals surface area contributed by atoms with E-state index in [9.17, 15) is 4.79 Å². The zero-order valence-electron chi connectivity index (χ0n) is 16.0. The molecule has 4 aromatic rings. The van der Waals surface area contributed by atoms with Crippen LogP contribution in [0.25, 0.3) is 28.2 Å². The Labute approximate surface area is 168 Å². The quantitative estimate of drug-likeness (QED) is 0.437. The van der Waals surface area contributed by atoms with Crippen LogP contribution in [0.2, 0.25) is 0 Å². The van der Waals surface area contributed by atoms with Gasteiger partial charge in [-0.25, -0.2) is 0 Å². The summed E-state index contributed by atoms with van der Waals surface area (Å²) in [6.07, 6.45) is 5.42. The van der Waals surface area contributed by atoms with Crippen LogP contribution >= 0.6 is 0 Å². The average Bonchev–Trinajstić information content (AvgIpc) is 2.78. The highest BCUT2D eigenvalue weighted by atomic mass is 16.5. The summed E-state index contributed by atoms with van der Waals surface area (Å²) in [5.74, 6) is 1.27. The standard InChI is InChI=1S/C25H20O4/c1-27-23-12-6-5-11-20(23)22-17-29-24-16-19(13-14-21(24)25(22)26)28-15-7-10-18-8-3-2-4-9-18/h2-14,16-17H,15H2,1H3. The molecule has 1 heterocycles. The fourth-order valence-electron chi connectivity index (χ4n) is 3.14. The molecule has 0 spiro atoms. The molecule has 0 saturated heterocycles. The summed E-state index contributed by atoms with van der Waals surface area (Å²) in [6, 6.07) is 22.7. The Hall–Kier alpha value is -3.79. The molecular weight excluding hydrogens is 364 g/mol. The van der Waals surface area contributed by atoms with Crippen LogP contribution in [0, 0.1) is 0 Å². The number of fused-ring (bicyclic) bond motifs is 1. The van der Waals surface area contributed by atoms with Crippen molar-refractivity contribution in [1.82, 2.24) is 0 Å². The van der Waals surface area contributed by atoms with Gasteiger partial charge in [0.25, 0.3) is 0 Å². The van der Waals surface area contributed by atoms with Crippen LogP contribution in [0.3, 0.4) is 0 Å². The van der Waals surface area contributed by atoms with Gasteiger partial charge in [-0.15, -0.1) is 0 Å². The van der Waals surface area contributed by atoms with Crippen molar-refractivity contribution in [3.8, 4) is 22.6 Å². The lowest BCUT2D eigenvalue weighted by atomic mass is 10.0. The Bertz CT molecular complexity index is 1210. The lowest BCUT2D eigenvalue weighted by Crippen LogP contribution is -2.06. The molecule has 4 rings (SSSR count). The van der Waals surface area contributed by atoms with E-state index in [0.717, 1.165) is 5.56 Å². The number of ether oxygens (including phenoxy) is 2. The lowest BCUT2D eigenvalue weighted by Gasteiger charge is -2.09. The van der Waals surface area contributed by atoms with E-state index in [1.807, 2.05) is 66.7 Å². The van der Waals surface area contributed by atoms with Crippen molar-refractivity contribution in [3.63, 3.8) is 0 Å². The van der Waals surface area contributed by atoms with Crippen LogP contribution in [0.15, 0.2) is 94.3 Å². The first-order valence-electron chi connectivity index (χ1n) is 9.29. The molecule has 0 atom stereocenters. The number of hydrogen-bond donors (Lipinski definition) is 0. The average molecular weight is 384 g/mol. The predicted molar refractivity (Wildman–Crippen MR) is 115 cm³/mol. The maximum atomic E-state index is 13.0. The van der Waals surface area contributed by atoms with Gasteiger partial charge in [-0.05, 0) is 29.8 Å². The van der Waals surface area contributed by atoms with E-state index in [4.69, 9.17) is 13.9 Å². The molecule has 144 valence electrons. The van der Waals surface area contributed by atoms with Crippen LogP contribution in [0.4, 0.5) is 0 Å². The summed E-state index contributed by atoms with van der Waals surface area (Å²) >= 11 is 0. The second-order valence-electron chi connectivity index (χ2n) is 6.46. The lowest BCUT2D eigenvalue weighted by molar-refractivity contribution is 0.363. The van der Waals surface area contributed by atoms with E-state index in [1.54, 1.807) is 25.3 Å². The highest BCUT2D eigenvalue weighted by Gasteiger charge is 2.13. The topological polar surface area (TPSA) is 48.7 Å². The molecule has 0 N–H and O–H groups in total. The molecule has 0 aliphatic heterocycles. The van der Waals surface area contributed by atoms with E-state index in [-0.39, 0.29) is 5.43 Å². The molecule has 0 saturated carbocycles. The van der Waals surface area contributed by atoms with Gasteiger partial charge in [0.15, 0.2) is 0 Å². The van der Waals surface area contributed by atoms with Gasteiger partial charge >= 0.3 is 0 Å². The third-order valence-electron chi connectivity index (χ3n) is 4.60. The van der Waals surface area contributed by atoms with Crippen molar-refractivity contribution in [2.24, 2.45) is 0 Å². The maximum absolute atomic E-state index is 13.0. The normalized spacial score (nSPS) is 11.1. The number of methoxy groups -OCH3 is 1. The third-order valence-corrected chi connectivity index (χ3v) is 4.60. The van der Waals surface area contributed by atoms with Gasteiger partial charge in [-0.3, -0.25) is 4.79 Å². The summed E-state index contributed by atoms with van der Waals surface area (Å²) in [6.45, 7) is 0.421. The van der Waals surface area contributed by atoms with Crippen molar-refractivity contribution in [3.05, 3.63) is 101 Å². The van der Waals surface area contributed by atoms with E-state index in [1.165, 1.54) is 6.26 Å². The molecule has 29 heavy (non-hydrogen) atoms. The zero-order chi connectivity index (χ0) is 20.1. The third kappa shape index (κ3) is 4.06. The smallest absolute Gasteiger partial charge is 0.200 e. The second-order valence-corrected chi connectivity index (χ2v) is 6.46. The van der Waals surface area contributed by atoms with Crippen molar-refractivity contribution in [1.29, 1.82) is 0 Å². The van der Waals surface area contributed by atoms with E-state index in [0.29, 0.717) is 40.2 Å². The Balaban J connectivity index is 1.56. The van der Waals surface area contributed by atoms with Gasteiger partial charge in [-0.1, -0.05) is 54.6 Å². The SMILES string of the molecule is COc1ccccc1-c1coc2cc(OCC=Cc3ccccc3)ccc2c1=O. The Morgan fingerprint density at radius 1 is 0.931 bits per heavy atom. The summed E-state index contributed by atoms with van der Waals surface area (Å²) in [7, 11) is 1.58. The number of hydrogen-bond acceptors (Lipinski definition) is 4. The number of benzene rings is 3. The molecular formula is C25H20O4. The second kappa shape index (κ2) is 8.48. The zero-order valence-corrected chi connectivity index (χ0v) is 16.0. The molecule has 0 bridgehead atoms. The van der Waals surface area contributed by atoms with Gasteiger partial charge < -0.3 is 13.9 Å². The highest BCUT2D eigenvalue weighted by Crippen LogP contribution is 2.29. The van der Waals surface area contributed by atoms with E-state index in [2.05, 4.69) is 0 Å². The van der Waals surface area contributed by atoms with Crippen LogP contribution in [-0.4, -0.2) is 13.7 Å². The highest BCUT2D eigenvalue weighted by molar-refractivity contribution is 5.83. The van der Waals surface area contributed by atoms with Crippen molar-refractivity contribution >= 4 is 17.0 Å². The van der Waals surface area contributed by atoms with E-state index < -0.39 is 0 Å². The van der Waals surface area contributed by atoms with Crippen LogP contribution < -0.4 is 14.9 Å². The summed E-state index contributed by atoms with van der Waals surface area (Å²) < 4.78 is 16.9. The first-order valence-corrected chi connectivity index (χ1v) is 9.29. The minimum absolute atomic E-state index is 0.105. The Kier molecular flexibility index (Phi) is 5.43. The van der Waals surface area contributed by atoms with Gasteiger partial charge in [0.1, 0.15) is 30.0 Å². The van der Waals surface area contributed by atoms with Crippen LogP contribution in [0.1, 0.15) is 5.56 Å². The summed E-state index contributed by atoms with van der Waals surface area (Å²) in [4.78, 5) is 13.0. The van der Waals surface area contributed by atoms with Gasteiger partial charge in [-0.2, -0.15) is 0 Å². The first kappa shape index (κ1) is 18.6. The predicted octanol–water partition coefficient (Wildman–Crippen LogP) is 5.56. The molecule has 0 fully saturated rings. The van der Waals surface area contributed by atoms with Gasteiger partial charge in [0, 0.05) is 11.6 Å². The maximum Gasteiger partial charge on any atom is 0.200 e. The molecule has 4 heteroatoms. The minimum atomic E-state index is -0.105. The summed E-state index contributed by atoms with van der Waals surface area (Å²) in [5.41, 5.74) is 2.67. The molecule has 0 radical (unpaired) electrons. The summed E-state index contributed by atoms with van der Waals surface area (Å²) in [5, 5.41) is 0.501. The fraction of sp³-hybridized carbons (Fsp3) is 0.0800. The molecule has 3 aromatic carbocycles. The van der Waals surface area contributed by atoms with Crippen molar-refractivity contribution in [2.75, 3.05) is 13.7 Å². The molecule has 0 amide bonds. The van der Waals surface area contributed by atoms with Gasteiger partial charge in [0.2, 0.25) is 5.43 Å². The number of rotatable bonds is 6. The molecule has 1 aromatic heterocycles. The largest absolute Gasteiger partial charge is 0.496 e. The van der Waals surface area contributed by atoms with Crippen LogP contribution in [-0.2, 0) is 0 Å². The van der Waals surface area contributed by atoms with Gasteiger partial charge in [0.05, 0.1) is 18.1 Å². The molecule has 0 aliphatic rings. The van der Waals surface area contributed by atoms with Crippen molar-refractivity contribution in [2.45, 2.75) is 0 Å². The molecule has 0 aliphatic carbocycles. The Morgan fingerprint density at radius 3 is 2.55 bits per heavy atom. The molecule has 0 unspecified atom stereocenters. The fourth-order valence-corrected chi connectivity index (χ4v) is 3.14. The van der Waals surface area contributed by atoms with Crippen LogP contribution in [0.5, 0.6) is 11.5 Å². The molecule has 4 nitrogen and oxygen atoms in total.